The zero-order valence-corrected chi connectivity index (χ0v) is 8.48. The van der Waals surface area contributed by atoms with E-state index in [0.717, 1.165) is 38.8 Å². The fourth-order valence-corrected chi connectivity index (χ4v) is 1.93. The van der Waals surface area contributed by atoms with E-state index in [-0.39, 0.29) is 18.6 Å². The number of hydrogen-bond acceptors (Lipinski definition) is 3. The molecule has 1 unspecified atom stereocenters. The van der Waals surface area contributed by atoms with Crippen molar-refractivity contribution in [1.29, 1.82) is 0 Å². The highest BCUT2D eigenvalue weighted by atomic mass is 16.2. The predicted molar refractivity (Wildman–Crippen MR) is 54.4 cm³/mol. The zero-order valence-electron chi connectivity index (χ0n) is 8.48. The van der Waals surface area contributed by atoms with Crippen LogP contribution in [0.4, 0.5) is 0 Å². The molecule has 4 heteroatoms. The number of nitrogens with zero attached hydrogens (tertiary/aromatic N) is 1. The van der Waals surface area contributed by atoms with Crippen LogP contribution in [0.1, 0.15) is 25.7 Å². The van der Waals surface area contributed by atoms with Crippen molar-refractivity contribution >= 4 is 5.91 Å². The number of aliphatic hydroxyl groups excluding tert-OH is 1. The Morgan fingerprint density at radius 2 is 2.36 bits per heavy atom. The molecule has 0 aromatic carbocycles. The van der Waals surface area contributed by atoms with Gasteiger partial charge in [-0.15, -0.1) is 0 Å². The largest absolute Gasteiger partial charge is 0.396 e. The third-order valence-electron chi connectivity index (χ3n) is 2.69. The molecule has 1 atom stereocenters. The summed E-state index contributed by atoms with van der Waals surface area (Å²) in [5.74, 6) is -0.214. The first-order valence-electron chi connectivity index (χ1n) is 5.21. The van der Waals surface area contributed by atoms with E-state index in [1.165, 1.54) is 0 Å². The SMILES string of the molecule is NC(=O)C1CCCCN1CC[CH]CO. The van der Waals surface area contributed by atoms with E-state index in [2.05, 4.69) is 4.90 Å². The van der Waals surface area contributed by atoms with Crippen LogP contribution in [0.15, 0.2) is 0 Å². The highest BCUT2D eigenvalue weighted by molar-refractivity contribution is 5.79. The van der Waals surface area contributed by atoms with E-state index < -0.39 is 0 Å². The van der Waals surface area contributed by atoms with Crippen molar-refractivity contribution in [3.63, 3.8) is 0 Å². The van der Waals surface area contributed by atoms with Gasteiger partial charge in [0.1, 0.15) is 0 Å². The van der Waals surface area contributed by atoms with Gasteiger partial charge in [-0.05, 0) is 38.8 Å². The Labute approximate surface area is 85.1 Å². The van der Waals surface area contributed by atoms with Crippen molar-refractivity contribution in [2.45, 2.75) is 31.7 Å². The van der Waals surface area contributed by atoms with E-state index in [1.807, 2.05) is 6.42 Å². The second-order valence-corrected chi connectivity index (χ2v) is 3.71. The Morgan fingerprint density at radius 3 is 3.00 bits per heavy atom. The number of amides is 1. The Hall–Kier alpha value is -0.610. The van der Waals surface area contributed by atoms with Gasteiger partial charge in [0.15, 0.2) is 0 Å². The van der Waals surface area contributed by atoms with Gasteiger partial charge in [-0.25, -0.2) is 0 Å². The molecule has 1 amide bonds. The van der Waals surface area contributed by atoms with Crippen molar-refractivity contribution in [3.8, 4) is 0 Å². The van der Waals surface area contributed by atoms with E-state index in [1.54, 1.807) is 0 Å². The summed E-state index contributed by atoms with van der Waals surface area (Å²) in [6, 6.07) is -0.0872. The van der Waals surface area contributed by atoms with Crippen LogP contribution in [-0.2, 0) is 4.79 Å². The number of carbonyl (C=O) groups excluding carboxylic acids is 1. The summed E-state index contributed by atoms with van der Waals surface area (Å²) < 4.78 is 0. The summed E-state index contributed by atoms with van der Waals surface area (Å²) in [5, 5.41) is 8.61. The minimum Gasteiger partial charge on any atom is -0.396 e. The molecule has 0 aromatic heterocycles. The summed E-state index contributed by atoms with van der Waals surface area (Å²) >= 11 is 0. The van der Waals surface area contributed by atoms with Crippen LogP contribution in [0, 0.1) is 6.42 Å². The van der Waals surface area contributed by atoms with Crippen molar-refractivity contribution in [3.05, 3.63) is 6.42 Å². The molecular formula is C10H19N2O2. The topological polar surface area (TPSA) is 66.6 Å². The maximum atomic E-state index is 11.1. The van der Waals surface area contributed by atoms with Crippen molar-refractivity contribution < 1.29 is 9.90 Å². The second-order valence-electron chi connectivity index (χ2n) is 3.71. The molecular weight excluding hydrogens is 180 g/mol. The standard InChI is InChI=1S/C10H19N2O2/c11-10(14)9-5-1-2-6-12(9)7-3-4-8-13/h4,9,13H,1-3,5-8H2,(H2,11,14). The Balaban J connectivity index is 2.34. The summed E-state index contributed by atoms with van der Waals surface area (Å²) in [7, 11) is 0. The number of unbranched alkanes of at least 4 members (excludes halogenated alkanes) is 1. The highest BCUT2D eigenvalue weighted by Crippen LogP contribution is 2.16. The average Bonchev–Trinajstić information content (AvgIpc) is 2.19. The third-order valence-corrected chi connectivity index (χ3v) is 2.69. The number of hydrogen-bond donors (Lipinski definition) is 2. The van der Waals surface area contributed by atoms with Crippen LogP contribution in [0.2, 0.25) is 0 Å². The van der Waals surface area contributed by atoms with Crippen LogP contribution in [0.5, 0.6) is 0 Å². The molecule has 1 aliphatic rings. The Bertz CT molecular complexity index is 185. The number of piperidine rings is 1. The van der Waals surface area contributed by atoms with Gasteiger partial charge in [0.25, 0.3) is 0 Å². The first-order chi connectivity index (χ1) is 6.75. The minimum absolute atomic E-state index is 0.0872. The number of aliphatic hydroxyl groups is 1. The lowest BCUT2D eigenvalue weighted by atomic mass is 10.0. The van der Waals surface area contributed by atoms with Crippen molar-refractivity contribution in [2.75, 3.05) is 19.7 Å². The lowest BCUT2D eigenvalue weighted by Gasteiger charge is -2.33. The summed E-state index contributed by atoms with van der Waals surface area (Å²) in [6.07, 6.45) is 5.75. The molecule has 0 aliphatic carbocycles. The monoisotopic (exact) mass is 199 g/mol. The van der Waals surface area contributed by atoms with E-state index in [9.17, 15) is 4.79 Å². The highest BCUT2D eigenvalue weighted by Gasteiger charge is 2.25. The van der Waals surface area contributed by atoms with Crippen molar-refractivity contribution in [2.24, 2.45) is 5.73 Å². The lowest BCUT2D eigenvalue weighted by Crippen LogP contribution is -2.47. The van der Waals surface area contributed by atoms with Gasteiger partial charge in [-0.2, -0.15) is 0 Å². The van der Waals surface area contributed by atoms with Gasteiger partial charge in [0.2, 0.25) is 5.91 Å². The van der Waals surface area contributed by atoms with E-state index in [0.29, 0.717) is 0 Å². The smallest absolute Gasteiger partial charge is 0.234 e. The molecule has 1 rings (SSSR count). The molecule has 0 spiro atoms. The molecule has 1 heterocycles. The molecule has 1 aliphatic heterocycles. The van der Waals surface area contributed by atoms with Crippen LogP contribution in [-0.4, -0.2) is 41.7 Å². The summed E-state index contributed by atoms with van der Waals surface area (Å²) in [5.41, 5.74) is 5.32. The van der Waals surface area contributed by atoms with Crippen LogP contribution >= 0.6 is 0 Å². The summed E-state index contributed by atoms with van der Waals surface area (Å²) in [4.78, 5) is 13.2. The molecule has 1 radical (unpaired) electrons. The van der Waals surface area contributed by atoms with Gasteiger partial charge in [-0.1, -0.05) is 6.42 Å². The second kappa shape index (κ2) is 5.98. The Kier molecular flexibility index (Phi) is 4.90. The minimum atomic E-state index is -0.214. The van der Waals surface area contributed by atoms with Gasteiger partial charge >= 0.3 is 0 Å². The third kappa shape index (κ3) is 3.27. The van der Waals surface area contributed by atoms with Gasteiger partial charge in [-0.3, -0.25) is 9.69 Å². The maximum Gasteiger partial charge on any atom is 0.234 e. The molecule has 4 nitrogen and oxygen atoms in total. The fourth-order valence-electron chi connectivity index (χ4n) is 1.93. The number of rotatable bonds is 5. The molecule has 0 aromatic rings. The van der Waals surface area contributed by atoms with Crippen molar-refractivity contribution in [1.82, 2.24) is 4.90 Å². The first-order valence-corrected chi connectivity index (χ1v) is 5.21. The number of carbonyl (C=O) groups is 1. The predicted octanol–water partition coefficient (Wildman–Crippen LogP) is -0.0871. The van der Waals surface area contributed by atoms with Crippen LogP contribution < -0.4 is 5.73 Å². The van der Waals surface area contributed by atoms with Gasteiger partial charge < -0.3 is 10.8 Å². The molecule has 14 heavy (non-hydrogen) atoms. The zero-order chi connectivity index (χ0) is 10.4. The van der Waals surface area contributed by atoms with E-state index >= 15 is 0 Å². The van der Waals surface area contributed by atoms with Crippen LogP contribution in [0.3, 0.4) is 0 Å². The molecule has 0 saturated carbocycles. The molecule has 3 N–H and O–H groups in total. The number of primary amides is 1. The normalized spacial score (nSPS) is 23.6. The Morgan fingerprint density at radius 1 is 1.57 bits per heavy atom. The molecule has 81 valence electrons. The maximum absolute atomic E-state index is 11.1. The first kappa shape index (κ1) is 11.5. The molecule has 1 fully saturated rings. The number of likely N-dealkylation sites (tertiary alicyclic amines) is 1. The van der Waals surface area contributed by atoms with Gasteiger partial charge in [0, 0.05) is 6.61 Å². The quantitative estimate of drug-likeness (QED) is 0.608. The molecule has 0 bridgehead atoms. The number of nitrogens with two attached hydrogens (primary N) is 1. The van der Waals surface area contributed by atoms with E-state index in [4.69, 9.17) is 10.8 Å². The average molecular weight is 199 g/mol. The summed E-state index contributed by atoms with van der Waals surface area (Å²) in [6.45, 7) is 1.89. The molecule has 1 saturated heterocycles. The lowest BCUT2D eigenvalue weighted by molar-refractivity contribution is -0.124. The van der Waals surface area contributed by atoms with Gasteiger partial charge in [0.05, 0.1) is 6.04 Å². The fraction of sp³-hybridized carbons (Fsp3) is 0.800. The van der Waals surface area contributed by atoms with Crippen LogP contribution in [0.25, 0.3) is 0 Å².